The van der Waals surface area contributed by atoms with Gasteiger partial charge in [-0.05, 0) is 50.3 Å². The molecule has 1 aromatic rings. The summed E-state index contributed by atoms with van der Waals surface area (Å²) in [5.41, 5.74) is 2.52. The zero-order valence-corrected chi connectivity index (χ0v) is 15.0. The van der Waals surface area contributed by atoms with E-state index in [4.69, 9.17) is 0 Å². The van der Waals surface area contributed by atoms with Crippen molar-refractivity contribution in [3.63, 3.8) is 0 Å². The van der Waals surface area contributed by atoms with Gasteiger partial charge < -0.3 is 15.7 Å². The summed E-state index contributed by atoms with van der Waals surface area (Å²) in [6.07, 6.45) is 3.76. The van der Waals surface area contributed by atoms with Crippen molar-refractivity contribution in [2.24, 2.45) is 5.92 Å². The van der Waals surface area contributed by atoms with Crippen LogP contribution in [0.2, 0.25) is 0 Å². The van der Waals surface area contributed by atoms with Gasteiger partial charge in [-0.1, -0.05) is 31.0 Å². The second-order valence-electron chi connectivity index (χ2n) is 6.84. The Bertz CT molecular complexity index is 665. The van der Waals surface area contributed by atoms with Crippen LogP contribution < -0.4 is 10.6 Å². The molecule has 136 valence electrons. The molecule has 0 heterocycles. The largest absolute Gasteiger partial charge is 0.479 e. The fraction of sp³-hybridized carbons (Fsp3) is 0.526. The third kappa shape index (κ3) is 4.81. The van der Waals surface area contributed by atoms with Gasteiger partial charge in [0.15, 0.2) is 6.04 Å². The molecule has 2 atom stereocenters. The minimum absolute atomic E-state index is 0.0368. The van der Waals surface area contributed by atoms with E-state index >= 15 is 0 Å². The van der Waals surface area contributed by atoms with Crippen molar-refractivity contribution in [2.75, 3.05) is 0 Å². The number of nitrogens with one attached hydrogen (secondary N) is 2. The molecule has 0 spiro atoms. The first-order chi connectivity index (χ1) is 11.8. The average Bonchev–Trinajstić information content (AvgIpc) is 3.09. The summed E-state index contributed by atoms with van der Waals surface area (Å²) in [5, 5.41) is 14.7. The fourth-order valence-electron chi connectivity index (χ4n) is 3.08. The maximum atomic E-state index is 12.3. The van der Waals surface area contributed by atoms with E-state index in [0.717, 1.165) is 36.8 Å². The molecule has 2 amide bonds. The van der Waals surface area contributed by atoms with Gasteiger partial charge in [-0.15, -0.1) is 0 Å². The lowest BCUT2D eigenvalue weighted by Crippen LogP contribution is -2.48. The Balaban J connectivity index is 2.02. The quantitative estimate of drug-likeness (QED) is 0.736. The minimum Gasteiger partial charge on any atom is -0.479 e. The highest BCUT2D eigenvalue weighted by Gasteiger charge is 2.28. The standard InChI is InChI=1S/C19H26N2O4/c1-11-8-9-15(10-12(11)2)16(19(24)25)21-17(22)13(3)20-18(23)14-6-4-5-7-14/h8-10,13-14,16H,4-7H2,1-3H3,(H,20,23)(H,21,22)(H,24,25). The summed E-state index contributed by atoms with van der Waals surface area (Å²) in [6, 6.07) is 3.37. The molecule has 0 aromatic heterocycles. The Kier molecular flexibility index (Phi) is 6.17. The van der Waals surface area contributed by atoms with E-state index in [2.05, 4.69) is 10.6 Å². The third-order valence-electron chi connectivity index (χ3n) is 4.88. The van der Waals surface area contributed by atoms with Crippen LogP contribution in [-0.4, -0.2) is 28.9 Å². The number of rotatable bonds is 6. The monoisotopic (exact) mass is 346 g/mol. The smallest absolute Gasteiger partial charge is 0.330 e. The van der Waals surface area contributed by atoms with Gasteiger partial charge in [-0.2, -0.15) is 0 Å². The van der Waals surface area contributed by atoms with Crippen LogP contribution in [0.3, 0.4) is 0 Å². The van der Waals surface area contributed by atoms with Crippen molar-refractivity contribution in [2.45, 2.75) is 58.5 Å². The van der Waals surface area contributed by atoms with Gasteiger partial charge in [-0.3, -0.25) is 9.59 Å². The predicted octanol–water partition coefficient (Wildman–Crippen LogP) is 2.24. The Morgan fingerprint density at radius 3 is 2.28 bits per heavy atom. The molecule has 6 nitrogen and oxygen atoms in total. The van der Waals surface area contributed by atoms with Crippen LogP contribution in [0, 0.1) is 19.8 Å². The number of amides is 2. The van der Waals surface area contributed by atoms with E-state index in [9.17, 15) is 19.5 Å². The number of carboxylic acids is 1. The van der Waals surface area contributed by atoms with Gasteiger partial charge >= 0.3 is 5.97 Å². The molecule has 1 aromatic carbocycles. The first-order valence-electron chi connectivity index (χ1n) is 8.70. The molecule has 0 aliphatic heterocycles. The van der Waals surface area contributed by atoms with Gasteiger partial charge in [0.25, 0.3) is 0 Å². The molecule has 25 heavy (non-hydrogen) atoms. The van der Waals surface area contributed by atoms with E-state index < -0.39 is 24.0 Å². The van der Waals surface area contributed by atoms with Crippen LogP contribution in [0.5, 0.6) is 0 Å². The lowest BCUT2D eigenvalue weighted by atomic mass is 10.0. The maximum Gasteiger partial charge on any atom is 0.330 e. The molecule has 1 saturated carbocycles. The van der Waals surface area contributed by atoms with Gasteiger partial charge in [0.2, 0.25) is 11.8 Å². The molecule has 1 aliphatic rings. The van der Waals surface area contributed by atoms with E-state index in [0.29, 0.717) is 5.56 Å². The molecule has 0 radical (unpaired) electrons. The lowest BCUT2D eigenvalue weighted by Gasteiger charge is -2.20. The molecule has 0 bridgehead atoms. The zero-order valence-electron chi connectivity index (χ0n) is 15.0. The Hall–Kier alpha value is -2.37. The first kappa shape index (κ1) is 19.0. The highest BCUT2D eigenvalue weighted by molar-refractivity contribution is 5.91. The van der Waals surface area contributed by atoms with Crippen molar-refractivity contribution in [1.29, 1.82) is 0 Å². The number of carbonyl (C=O) groups excluding carboxylic acids is 2. The maximum absolute atomic E-state index is 12.3. The molecule has 6 heteroatoms. The zero-order chi connectivity index (χ0) is 18.6. The highest BCUT2D eigenvalue weighted by Crippen LogP contribution is 2.24. The molecule has 0 saturated heterocycles. The Morgan fingerprint density at radius 2 is 1.72 bits per heavy atom. The van der Waals surface area contributed by atoms with E-state index in [1.54, 1.807) is 19.1 Å². The summed E-state index contributed by atoms with van der Waals surface area (Å²) < 4.78 is 0. The number of carbonyl (C=O) groups is 3. The molecular weight excluding hydrogens is 320 g/mol. The lowest BCUT2D eigenvalue weighted by molar-refractivity contribution is -0.142. The number of hydrogen-bond acceptors (Lipinski definition) is 3. The number of aryl methyl sites for hydroxylation is 2. The van der Waals surface area contributed by atoms with Gasteiger partial charge in [-0.25, -0.2) is 4.79 Å². The molecule has 1 fully saturated rings. The van der Waals surface area contributed by atoms with Crippen LogP contribution in [0.15, 0.2) is 18.2 Å². The van der Waals surface area contributed by atoms with E-state index in [1.807, 2.05) is 19.9 Å². The predicted molar refractivity (Wildman–Crippen MR) is 94.0 cm³/mol. The van der Waals surface area contributed by atoms with Crippen molar-refractivity contribution >= 4 is 17.8 Å². The van der Waals surface area contributed by atoms with Crippen LogP contribution in [-0.2, 0) is 14.4 Å². The van der Waals surface area contributed by atoms with Gasteiger partial charge in [0.05, 0.1) is 0 Å². The van der Waals surface area contributed by atoms with E-state index in [-0.39, 0.29) is 11.8 Å². The second-order valence-corrected chi connectivity index (χ2v) is 6.84. The van der Waals surface area contributed by atoms with Gasteiger partial charge in [0.1, 0.15) is 6.04 Å². The summed E-state index contributed by atoms with van der Waals surface area (Å²) in [7, 11) is 0. The fourth-order valence-corrected chi connectivity index (χ4v) is 3.08. The summed E-state index contributed by atoms with van der Waals surface area (Å²) in [4.78, 5) is 36.1. The van der Waals surface area contributed by atoms with Gasteiger partial charge in [0, 0.05) is 5.92 Å². The molecule has 3 N–H and O–H groups in total. The van der Waals surface area contributed by atoms with Crippen molar-refractivity contribution in [3.8, 4) is 0 Å². The SMILES string of the molecule is Cc1ccc(C(NC(=O)C(C)NC(=O)C2CCCC2)C(=O)O)cc1C. The van der Waals surface area contributed by atoms with Crippen LogP contribution >= 0.6 is 0 Å². The number of carboxylic acid groups (broad SMARTS) is 1. The summed E-state index contributed by atoms with van der Waals surface area (Å²) in [5.74, 6) is -1.80. The number of benzene rings is 1. The minimum atomic E-state index is -1.14. The first-order valence-corrected chi connectivity index (χ1v) is 8.70. The van der Waals surface area contributed by atoms with Crippen LogP contribution in [0.1, 0.15) is 55.3 Å². The van der Waals surface area contributed by atoms with Crippen molar-refractivity contribution in [3.05, 3.63) is 34.9 Å². The third-order valence-corrected chi connectivity index (χ3v) is 4.88. The normalized spacial score (nSPS) is 16.9. The highest BCUT2D eigenvalue weighted by atomic mass is 16.4. The second kappa shape index (κ2) is 8.14. The molecular formula is C19H26N2O4. The Morgan fingerprint density at radius 1 is 1.08 bits per heavy atom. The van der Waals surface area contributed by atoms with Crippen LogP contribution in [0.25, 0.3) is 0 Å². The number of hydrogen-bond donors (Lipinski definition) is 3. The average molecular weight is 346 g/mol. The summed E-state index contributed by atoms with van der Waals surface area (Å²) in [6.45, 7) is 5.40. The molecule has 2 rings (SSSR count). The van der Waals surface area contributed by atoms with Crippen LogP contribution in [0.4, 0.5) is 0 Å². The number of aliphatic carboxylic acids is 1. The molecule has 1 aliphatic carbocycles. The Labute approximate surface area is 148 Å². The van der Waals surface area contributed by atoms with Crippen molar-refractivity contribution < 1.29 is 19.5 Å². The summed E-state index contributed by atoms with van der Waals surface area (Å²) >= 11 is 0. The van der Waals surface area contributed by atoms with Crippen molar-refractivity contribution in [1.82, 2.24) is 10.6 Å². The molecule has 2 unspecified atom stereocenters. The topological polar surface area (TPSA) is 95.5 Å². The van der Waals surface area contributed by atoms with E-state index in [1.165, 1.54) is 0 Å².